The van der Waals surface area contributed by atoms with Crippen LogP contribution in [0.25, 0.3) is 0 Å². The first-order valence-electron chi connectivity index (χ1n) is 5.44. The Balaban J connectivity index is 3.48. The standard InChI is InChI=1S/C10H18N4O2/c1-5-7(6-2)14-9(15)12-8(11-3)13(4)10(14)16/h7H,5-6H2,1-4H3,(H,11,12,15). The normalized spacial score (nSPS) is 10.8. The lowest BCUT2D eigenvalue weighted by Crippen LogP contribution is -2.43. The minimum atomic E-state index is -0.485. The summed E-state index contributed by atoms with van der Waals surface area (Å²) in [7, 11) is 3.22. The molecule has 6 heteroatoms. The zero-order valence-electron chi connectivity index (χ0n) is 10.1. The van der Waals surface area contributed by atoms with E-state index in [0.29, 0.717) is 0 Å². The Labute approximate surface area is 93.9 Å². The van der Waals surface area contributed by atoms with Crippen molar-refractivity contribution in [1.29, 1.82) is 0 Å². The fourth-order valence-electron chi connectivity index (χ4n) is 1.74. The van der Waals surface area contributed by atoms with Crippen molar-refractivity contribution in [3.05, 3.63) is 21.0 Å². The number of anilines is 1. The highest BCUT2D eigenvalue weighted by atomic mass is 16.2. The number of rotatable bonds is 4. The summed E-state index contributed by atoms with van der Waals surface area (Å²) in [5.41, 5.74) is -0.806. The minimum absolute atomic E-state index is 0.0791. The quantitative estimate of drug-likeness (QED) is 0.804. The molecular weight excluding hydrogens is 208 g/mol. The molecule has 0 saturated carbocycles. The lowest BCUT2D eigenvalue weighted by Gasteiger charge is -2.16. The third-order valence-electron chi connectivity index (χ3n) is 2.75. The van der Waals surface area contributed by atoms with E-state index in [0.717, 1.165) is 12.8 Å². The largest absolute Gasteiger partial charge is 0.358 e. The fraction of sp³-hybridized carbons (Fsp3) is 0.700. The number of hydrogen-bond donors (Lipinski definition) is 1. The van der Waals surface area contributed by atoms with Gasteiger partial charge in [0, 0.05) is 20.1 Å². The van der Waals surface area contributed by atoms with E-state index in [9.17, 15) is 9.59 Å². The van der Waals surface area contributed by atoms with Crippen LogP contribution in [0.5, 0.6) is 0 Å². The van der Waals surface area contributed by atoms with Crippen molar-refractivity contribution < 1.29 is 0 Å². The molecule has 1 N–H and O–H groups in total. The zero-order valence-corrected chi connectivity index (χ0v) is 10.1. The van der Waals surface area contributed by atoms with Gasteiger partial charge in [0.2, 0.25) is 5.95 Å². The molecule has 0 aliphatic carbocycles. The lowest BCUT2D eigenvalue weighted by atomic mass is 10.2. The molecule has 0 spiro atoms. The predicted molar refractivity (Wildman–Crippen MR) is 62.9 cm³/mol. The van der Waals surface area contributed by atoms with Crippen LogP contribution in [0.4, 0.5) is 5.95 Å². The van der Waals surface area contributed by atoms with Crippen LogP contribution in [-0.2, 0) is 7.05 Å². The van der Waals surface area contributed by atoms with Gasteiger partial charge in [0.15, 0.2) is 0 Å². The van der Waals surface area contributed by atoms with Crippen LogP contribution in [0.3, 0.4) is 0 Å². The Kier molecular flexibility index (Phi) is 3.87. The molecule has 1 aromatic heterocycles. The van der Waals surface area contributed by atoms with Gasteiger partial charge in [-0.25, -0.2) is 14.2 Å². The average Bonchev–Trinajstić information content (AvgIpc) is 2.29. The first kappa shape index (κ1) is 12.5. The van der Waals surface area contributed by atoms with Crippen molar-refractivity contribution in [1.82, 2.24) is 14.1 Å². The Morgan fingerprint density at radius 2 is 1.88 bits per heavy atom. The molecule has 0 amide bonds. The maximum absolute atomic E-state index is 12.0. The molecule has 1 rings (SSSR count). The van der Waals surface area contributed by atoms with Gasteiger partial charge in [0.05, 0.1) is 0 Å². The molecular formula is C10H18N4O2. The van der Waals surface area contributed by atoms with E-state index in [1.807, 2.05) is 13.8 Å². The van der Waals surface area contributed by atoms with E-state index in [1.165, 1.54) is 9.13 Å². The van der Waals surface area contributed by atoms with Crippen LogP contribution in [0.2, 0.25) is 0 Å². The first-order chi connectivity index (χ1) is 7.56. The van der Waals surface area contributed by atoms with Gasteiger partial charge in [-0.05, 0) is 12.8 Å². The Morgan fingerprint density at radius 1 is 1.31 bits per heavy atom. The number of nitrogens with zero attached hydrogens (tertiary/aromatic N) is 3. The van der Waals surface area contributed by atoms with Gasteiger partial charge in [-0.15, -0.1) is 0 Å². The number of hydrogen-bond acceptors (Lipinski definition) is 4. The Hall–Kier alpha value is -1.59. The molecule has 0 aliphatic heterocycles. The summed E-state index contributed by atoms with van der Waals surface area (Å²) in [6.07, 6.45) is 1.48. The van der Waals surface area contributed by atoms with Gasteiger partial charge in [-0.1, -0.05) is 13.8 Å². The molecule has 0 radical (unpaired) electrons. The smallest absolute Gasteiger partial charge is 0.355 e. The summed E-state index contributed by atoms with van der Waals surface area (Å²) < 4.78 is 2.57. The summed E-state index contributed by atoms with van der Waals surface area (Å²) in [6.45, 7) is 3.90. The van der Waals surface area contributed by atoms with Crippen molar-refractivity contribution in [2.24, 2.45) is 7.05 Å². The minimum Gasteiger partial charge on any atom is -0.358 e. The molecule has 0 atom stereocenters. The molecule has 0 unspecified atom stereocenters. The molecule has 0 fully saturated rings. The zero-order chi connectivity index (χ0) is 12.3. The monoisotopic (exact) mass is 226 g/mol. The lowest BCUT2D eigenvalue weighted by molar-refractivity contribution is 0.418. The van der Waals surface area contributed by atoms with Gasteiger partial charge in [-0.3, -0.25) is 4.57 Å². The third kappa shape index (κ3) is 2.00. The van der Waals surface area contributed by atoms with Crippen molar-refractivity contribution in [3.63, 3.8) is 0 Å². The molecule has 1 aromatic rings. The SMILES string of the molecule is CCC(CC)n1c(=O)nc(NC)n(C)c1=O. The van der Waals surface area contributed by atoms with Crippen LogP contribution >= 0.6 is 0 Å². The van der Waals surface area contributed by atoms with E-state index in [2.05, 4.69) is 10.3 Å². The third-order valence-corrected chi connectivity index (χ3v) is 2.75. The summed E-state index contributed by atoms with van der Waals surface area (Å²) >= 11 is 0. The molecule has 90 valence electrons. The van der Waals surface area contributed by atoms with Crippen LogP contribution in [0, 0.1) is 0 Å². The first-order valence-corrected chi connectivity index (χ1v) is 5.44. The van der Waals surface area contributed by atoms with Crippen LogP contribution in [0.15, 0.2) is 9.59 Å². The maximum atomic E-state index is 12.0. The summed E-state index contributed by atoms with van der Waals surface area (Å²) in [6, 6.07) is -0.0791. The predicted octanol–water partition coefficient (Wildman–Crippen LogP) is 0.345. The van der Waals surface area contributed by atoms with Crippen molar-refractivity contribution in [3.8, 4) is 0 Å². The maximum Gasteiger partial charge on any atom is 0.355 e. The number of nitrogens with one attached hydrogen (secondary N) is 1. The van der Waals surface area contributed by atoms with Gasteiger partial charge in [0.25, 0.3) is 0 Å². The number of aromatic nitrogens is 3. The van der Waals surface area contributed by atoms with E-state index >= 15 is 0 Å². The highest BCUT2D eigenvalue weighted by molar-refractivity contribution is 5.21. The molecule has 6 nitrogen and oxygen atoms in total. The highest BCUT2D eigenvalue weighted by Gasteiger charge is 2.15. The van der Waals surface area contributed by atoms with Crippen molar-refractivity contribution in [2.75, 3.05) is 12.4 Å². The van der Waals surface area contributed by atoms with Crippen LogP contribution in [-0.4, -0.2) is 21.2 Å². The Bertz CT molecular complexity index is 471. The molecule has 0 saturated heterocycles. The van der Waals surface area contributed by atoms with Crippen LogP contribution in [0.1, 0.15) is 32.7 Å². The van der Waals surface area contributed by atoms with Crippen molar-refractivity contribution in [2.45, 2.75) is 32.7 Å². The topological polar surface area (TPSA) is 68.9 Å². The van der Waals surface area contributed by atoms with Gasteiger partial charge in [-0.2, -0.15) is 4.98 Å². The molecule has 0 aliphatic rings. The molecule has 16 heavy (non-hydrogen) atoms. The van der Waals surface area contributed by atoms with Gasteiger partial charge >= 0.3 is 11.4 Å². The van der Waals surface area contributed by atoms with E-state index < -0.39 is 5.69 Å². The second kappa shape index (κ2) is 4.96. The van der Waals surface area contributed by atoms with E-state index in [-0.39, 0.29) is 17.7 Å². The Morgan fingerprint density at radius 3 is 2.31 bits per heavy atom. The van der Waals surface area contributed by atoms with E-state index in [1.54, 1.807) is 14.1 Å². The van der Waals surface area contributed by atoms with Crippen LogP contribution < -0.4 is 16.7 Å². The van der Waals surface area contributed by atoms with Gasteiger partial charge < -0.3 is 5.32 Å². The fourth-order valence-corrected chi connectivity index (χ4v) is 1.74. The molecule has 0 aromatic carbocycles. The second-order valence-corrected chi connectivity index (χ2v) is 3.65. The van der Waals surface area contributed by atoms with E-state index in [4.69, 9.17) is 0 Å². The molecule has 0 bridgehead atoms. The van der Waals surface area contributed by atoms with Gasteiger partial charge in [0.1, 0.15) is 0 Å². The summed E-state index contributed by atoms with van der Waals surface area (Å²) in [5.74, 6) is 0.289. The summed E-state index contributed by atoms with van der Waals surface area (Å²) in [4.78, 5) is 27.5. The average molecular weight is 226 g/mol. The molecule has 1 heterocycles. The second-order valence-electron chi connectivity index (χ2n) is 3.65. The van der Waals surface area contributed by atoms with Crippen molar-refractivity contribution >= 4 is 5.95 Å². The highest BCUT2D eigenvalue weighted by Crippen LogP contribution is 2.10. The summed E-state index contributed by atoms with van der Waals surface area (Å²) in [5, 5.41) is 2.72.